The Morgan fingerprint density at radius 1 is 0.881 bits per heavy atom. The van der Waals surface area contributed by atoms with E-state index in [0.29, 0.717) is 21.8 Å². The Kier molecular flexibility index (Phi) is 11.4. The molecule has 0 saturated heterocycles. The zero-order valence-electron chi connectivity index (χ0n) is 23.4. The van der Waals surface area contributed by atoms with Crippen LogP contribution in [0.3, 0.4) is 0 Å². The first kappa shape index (κ1) is 32.0. The number of hydrogen-bond donors (Lipinski definition) is 4. The van der Waals surface area contributed by atoms with E-state index in [1.807, 2.05) is 66.7 Å². The number of rotatable bonds is 9. The number of hydrogen-bond acceptors (Lipinski definition) is 6. The lowest BCUT2D eigenvalue weighted by Gasteiger charge is -2.28. The molecule has 6 N–H and O–H groups in total. The summed E-state index contributed by atoms with van der Waals surface area (Å²) >= 11 is 5.89. The van der Waals surface area contributed by atoms with Gasteiger partial charge in [0, 0.05) is 22.7 Å². The third kappa shape index (κ3) is 8.27. The normalized spacial score (nSPS) is 12.6. The molecule has 0 fully saturated rings. The summed E-state index contributed by atoms with van der Waals surface area (Å²) in [6.07, 6.45) is 0. The highest BCUT2D eigenvalue weighted by Gasteiger charge is 2.28. The number of benzene rings is 4. The molecule has 0 aliphatic rings. The summed E-state index contributed by atoms with van der Waals surface area (Å²) in [5, 5.41) is 12.9. The quantitative estimate of drug-likeness (QED) is 0.181. The van der Waals surface area contributed by atoms with Crippen LogP contribution in [0.15, 0.2) is 103 Å². The zero-order valence-corrected chi connectivity index (χ0v) is 24.2. The van der Waals surface area contributed by atoms with E-state index in [1.54, 1.807) is 50.2 Å². The molecule has 2 atom stereocenters. The number of ether oxygens (including phenoxy) is 1. The molecule has 0 heterocycles. The van der Waals surface area contributed by atoms with Crippen molar-refractivity contribution in [2.45, 2.75) is 25.4 Å². The lowest BCUT2D eigenvalue weighted by atomic mass is 9.93. The third-order valence-electron chi connectivity index (χ3n) is 6.64. The number of nitrogens with one attached hydrogen (secondary N) is 1. The van der Waals surface area contributed by atoms with E-state index < -0.39 is 23.5 Å². The van der Waals surface area contributed by atoms with E-state index in [2.05, 4.69) is 5.32 Å². The van der Waals surface area contributed by atoms with Crippen molar-refractivity contribution in [1.29, 1.82) is 0 Å². The van der Waals surface area contributed by atoms with Gasteiger partial charge in [-0.3, -0.25) is 14.4 Å². The van der Waals surface area contributed by atoms with Gasteiger partial charge in [0.15, 0.2) is 0 Å². The number of amides is 1. The maximum Gasteiger partial charge on any atom is 0.320 e. The molecule has 42 heavy (non-hydrogen) atoms. The minimum absolute atomic E-state index is 0.136. The molecule has 0 aliphatic carbocycles. The summed E-state index contributed by atoms with van der Waals surface area (Å²) in [5.74, 6) is -2.50. The van der Waals surface area contributed by atoms with Crippen molar-refractivity contribution in [2.24, 2.45) is 11.5 Å². The van der Waals surface area contributed by atoms with Crippen molar-refractivity contribution >= 4 is 35.1 Å². The van der Waals surface area contributed by atoms with Gasteiger partial charge in [-0.25, -0.2) is 0 Å². The van der Waals surface area contributed by atoms with Crippen LogP contribution >= 0.6 is 11.6 Å². The van der Waals surface area contributed by atoms with E-state index >= 15 is 0 Å². The highest BCUT2D eigenvalue weighted by atomic mass is 35.5. The summed E-state index contributed by atoms with van der Waals surface area (Å²) in [6.45, 7) is 3.46. The number of anilines is 1. The second kappa shape index (κ2) is 14.9. The van der Waals surface area contributed by atoms with Crippen molar-refractivity contribution in [3.63, 3.8) is 0 Å². The maximum absolute atomic E-state index is 12.8. The summed E-state index contributed by atoms with van der Waals surface area (Å²) in [7, 11) is 0. The Morgan fingerprint density at radius 3 is 2.02 bits per heavy atom. The molecule has 0 aliphatic heterocycles. The van der Waals surface area contributed by atoms with Gasteiger partial charge >= 0.3 is 11.9 Å². The second-order valence-electron chi connectivity index (χ2n) is 9.64. The number of carboxylic acid groups (broad SMARTS) is 1. The predicted octanol–water partition coefficient (Wildman–Crippen LogP) is 5.81. The number of carbonyl (C=O) groups excluding carboxylic acids is 2. The predicted molar refractivity (Wildman–Crippen MR) is 165 cm³/mol. The van der Waals surface area contributed by atoms with Crippen LogP contribution < -0.4 is 16.8 Å². The van der Waals surface area contributed by atoms with Crippen LogP contribution in [0, 0.1) is 0 Å². The number of nitrogens with two attached hydrogens (primary N) is 2. The van der Waals surface area contributed by atoms with Crippen LogP contribution in [0.2, 0.25) is 5.02 Å². The Balaban J connectivity index is 0.000000274. The average Bonchev–Trinajstić information content (AvgIpc) is 3.02. The number of carbonyl (C=O) groups is 3. The van der Waals surface area contributed by atoms with E-state index in [0.717, 1.165) is 16.7 Å². The zero-order chi connectivity index (χ0) is 30.7. The highest BCUT2D eigenvalue weighted by Crippen LogP contribution is 2.35. The minimum atomic E-state index is -0.956. The van der Waals surface area contributed by atoms with Crippen LogP contribution in [0.25, 0.3) is 11.1 Å². The Hall–Kier alpha value is -4.50. The molecule has 0 spiro atoms. The van der Waals surface area contributed by atoms with E-state index in [-0.39, 0.29) is 19.0 Å². The number of para-hydroxylation sites is 1. The van der Waals surface area contributed by atoms with Crippen LogP contribution in [0.5, 0.6) is 0 Å². The Labute approximate surface area is 250 Å². The smallest absolute Gasteiger partial charge is 0.320 e. The lowest BCUT2D eigenvalue weighted by molar-refractivity contribution is -0.156. The lowest BCUT2D eigenvalue weighted by Crippen LogP contribution is -2.38. The molecule has 4 rings (SSSR count). The molecule has 218 valence electrons. The molecular weight excluding hydrogens is 554 g/mol. The summed E-state index contributed by atoms with van der Waals surface area (Å²) < 4.78 is 5.23. The molecule has 4 aromatic rings. The molecule has 9 heteroatoms. The molecule has 4 aromatic carbocycles. The number of aliphatic carboxylic acids is 1. The fourth-order valence-corrected chi connectivity index (χ4v) is 4.28. The molecule has 0 bridgehead atoms. The largest absolute Gasteiger partial charge is 0.481 e. The molecule has 8 nitrogen and oxygen atoms in total. The first-order chi connectivity index (χ1) is 20.1. The van der Waals surface area contributed by atoms with Crippen molar-refractivity contribution in [3.8, 4) is 11.1 Å². The fourth-order valence-electron chi connectivity index (χ4n) is 4.15. The van der Waals surface area contributed by atoms with Gasteiger partial charge in [0.25, 0.3) is 5.91 Å². The van der Waals surface area contributed by atoms with Crippen LogP contribution in [0.1, 0.15) is 41.3 Å². The van der Waals surface area contributed by atoms with E-state index in [4.69, 9.17) is 27.8 Å². The van der Waals surface area contributed by atoms with Gasteiger partial charge in [-0.1, -0.05) is 90.5 Å². The number of esters is 1. The average molecular weight is 588 g/mol. The van der Waals surface area contributed by atoms with Crippen molar-refractivity contribution in [2.75, 3.05) is 18.4 Å². The van der Waals surface area contributed by atoms with Crippen LogP contribution in [-0.4, -0.2) is 36.0 Å². The number of carboxylic acids is 1. The van der Waals surface area contributed by atoms with Gasteiger partial charge in [0.1, 0.15) is 5.60 Å². The molecule has 1 unspecified atom stereocenters. The fraction of sp³-hybridized carbons (Fsp3) is 0.182. The van der Waals surface area contributed by atoms with Crippen molar-refractivity contribution in [3.05, 3.63) is 125 Å². The van der Waals surface area contributed by atoms with Crippen LogP contribution in [0.4, 0.5) is 5.69 Å². The van der Waals surface area contributed by atoms with E-state index in [9.17, 15) is 19.5 Å². The standard InChI is InChI=1S/C22H18ClNO3.C11H16N2O2/c1-14(22(26)27)18-8-5-9-19(15-6-3-2-4-7-15)20(18)24-21(25)16-10-12-17(23)13-11-16;1-11(8-13,15-10(14)7-12)9-5-3-2-4-6-9/h2-14H,1H3,(H,24,25)(H,26,27);2-6H,7-8,12-13H2,1H3/t;11-/m.0/s1. The maximum atomic E-state index is 12.8. The second-order valence-corrected chi connectivity index (χ2v) is 10.1. The van der Waals surface area contributed by atoms with Gasteiger partial charge in [0.05, 0.1) is 18.2 Å². The van der Waals surface area contributed by atoms with Crippen molar-refractivity contribution < 1.29 is 24.2 Å². The number of halogens is 1. The molecule has 0 aromatic heterocycles. The Bertz CT molecular complexity index is 1500. The van der Waals surface area contributed by atoms with Gasteiger partial charge in [0.2, 0.25) is 0 Å². The van der Waals surface area contributed by atoms with E-state index in [1.165, 1.54) is 0 Å². The molecule has 1 amide bonds. The summed E-state index contributed by atoms with van der Waals surface area (Å²) in [5.41, 5.74) is 14.0. The molecule has 0 radical (unpaired) electrons. The van der Waals surface area contributed by atoms with Gasteiger partial charge in [-0.15, -0.1) is 0 Å². The van der Waals surface area contributed by atoms with Gasteiger partial charge in [-0.2, -0.15) is 0 Å². The summed E-state index contributed by atoms with van der Waals surface area (Å²) in [6, 6.07) is 30.8. The van der Waals surface area contributed by atoms with Crippen LogP contribution in [-0.2, 0) is 19.9 Å². The first-order valence-electron chi connectivity index (χ1n) is 13.2. The molecule has 0 saturated carbocycles. The molecular formula is C33H34ClN3O5. The highest BCUT2D eigenvalue weighted by molar-refractivity contribution is 6.30. The topological polar surface area (TPSA) is 145 Å². The van der Waals surface area contributed by atoms with Gasteiger partial charge < -0.3 is 26.6 Å². The first-order valence-corrected chi connectivity index (χ1v) is 13.6. The minimum Gasteiger partial charge on any atom is -0.481 e. The third-order valence-corrected chi connectivity index (χ3v) is 6.90. The summed E-state index contributed by atoms with van der Waals surface area (Å²) in [4.78, 5) is 35.5. The monoisotopic (exact) mass is 587 g/mol. The van der Waals surface area contributed by atoms with Gasteiger partial charge in [-0.05, 0) is 54.8 Å². The SMILES string of the molecule is CC(C(=O)O)c1cccc(-c2ccccc2)c1NC(=O)c1ccc(Cl)cc1.C[C@@](CN)(OC(=O)CN)c1ccccc1. The van der Waals surface area contributed by atoms with Crippen molar-refractivity contribution in [1.82, 2.24) is 0 Å². The Morgan fingerprint density at radius 2 is 1.48 bits per heavy atom.